The van der Waals surface area contributed by atoms with Gasteiger partial charge in [-0.15, -0.1) is 0 Å². The molecule has 4 aromatic carbocycles. The number of nitrogens with one attached hydrogen (secondary N) is 1. The monoisotopic (exact) mass is 677 g/mol. The van der Waals surface area contributed by atoms with Crippen molar-refractivity contribution in [2.45, 2.75) is 43.7 Å². The van der Waals surface area contributed by atoms with Gasteiger partial charge in [0.2, 0.25) is 11.8 Å². The van der Waals surface area contributed by atoms with Gasteiger partial charge in [-0.3, -0.25) is 13.9 Å². The molecule has 2 amide bonds. The Morgan fingerprint density at radius 2 is 1.49 bits per heavy atom. The largest absolute Gasteiger partial charge is 0.493 e. The van der Waals surface area contributed by atoms with Gasteiger partial charge in [-0.2, -0.15) is 0 Å². The van der Waals surface area contributed by atoms with Gasteiger partial charge < -0.3 is 19.7 Å². The highest BCUT2D eigenvalue weighted by Crippen LogP contribution is 2.32. The van der Waals surface area contributed by atoms with Gasteiger partial charge in [0.1, 0.15) is 12.6 Å². The molecule has 0 fully saturated rings. The fourth-order valence-electron chi connectivity index (χ4n) is 5.10. The highest BCUT2D eigenvalue weighted by atomic mass is 35.5. The Morgan fingerprint density at radius 3 is 2.13 bits per heavy atom. The lowest BCUT2D eigenvalue weighted by Gasteiger charge is -2.34. The SMILES string of the molecule is CCCCNC(=O)[C@@H](Cc1ccccc1)N(Cc1ccccc1Cl)C(=O)CN(c1ccccc1)S(=O)(=O)c1ccc(OC)c(OC)c1. The summed E-state index contributed by atoms with van der Waals surface area (Å²) in [6.07, 6.45) is 1.86. The summed E-state index contributed by atoms with van der Waals surface area (Å²) < 4.78 is 40.3. The van der Waals surface area contributed by atoms with Crippen molar-refractivity contribution in [1.82, 2.24) is 10.2 Å². The van der Waals surface area contributed by atoms with E-state index >= 15 is 0 Å². The molecular weight excluding hydrogens is 638 g/mol. The number of benzene rings is 4. The fourth-order valence-corrected chi connectivity index (χ4v) is 6.72. The van der Waals surface area contributed by atoms with Gasteiger partial charge in [-0.25, -0.2) is 8.42 Å². The lowest BCUT2D eigenvalue weighted by Crippen LogP contribution is -2.53. The zero-order valence-electron chi connectivity index (χ0n) is 26.8. The van der Waals surface area contributed by atoms with Gasteiger partial charge in [0.15, 0.2) is 11.5 Å². The summed E-state index contributed by atoms with van der Waals surface area (Å²) in [4.78, 5) is 29.7. The average Bonchev–Trinajstić information content (AvgIpc) is 3.09. The van der Waals surface area contributed by atoms with Gasteiger partial charge in [0, 0.05) is 30.6 Å². The van der Waals surface area contributed by atoms with Crippen LogP contribution in [0.25, 0.3) is 0 Å². The number of methoxy groups -OCH3 is 2. The molecule has 0 spiro atoms. The zero-order valence-corrected chi connectivity index (χ0v) is 28.3. The van der Waals surface area contributed by atoms with Gasteiger partial charge in [0.25, 0.3) is 10.0 Å². The van der Waals surface area contributed by atoms with Gasteiger partial charge in [0.05, 0.1) is 24.8 Å². The van der Waals surface area contributed by atoms with Crippen LogP contribution in [0.15, 0.2) is 108 Å². The quantitative estimate of drug-likeness (QED) is 0.144. The first-order valence-electron chi connectivity index (χ1n) is 15.3. The Labute approximate surface area is 282 Å². The van der Waals surface area contributed by atoms with Crippen LogP contribution in [-0.4, -0.2) is 58.5 Å². The molecular formula is C36H40ClN3O6S. The number of anilines is 1. The van der Waals surface area contributed by atoms with Crippen LogP contribution in [0.2, 0.25) is 5.02 Å². The highest BCUT2D eigenvalue weighted by Gasteiger charge is 2.35. The fraction of sp³-hybridized carbons (Fsp3) is 0.278. The number of para-hydroxylation sites is 1. The minimum atomic E-state index is -4.32. The minimum absolute atomic E-state index is 0.0176. The second-order valence-corrected chi connectivity index (χ2v) is 13.1. The first-order valence-corrected chi connectivity index (χ1v) is 17.2. The maximum Gasteiger partial charge on any atom is 0.264 e. The number of hydrogen-bond donors (Lipinski definition) is 1. The second-order valence-electron chi connectivity index (χ2n) is 10.8. The number of sulfonamides is 1. The van der Waals surface area contributed by atoms with Crippen molar-refractivity contribution in [3.05, 3.63) is 119 Å². The predicted molar refractivity (Wildman–Crippen MR) is 184 cm³/mol. The molecule has 0 unspecified atom stereocenters. The number of amides is 2. The molecule has 4 aromatic rings. The van der Waals surface area contributed by atoms with E-state index in [9.17, 15) is 18.0 Å². The van der Waals surface area contributed by atoms with E-state index in [-0.39, 0.29) is 35.2 Å². The average molecular weight is 678 g/mol. The van der Waals surface area contributed by atoms with Crippen LogP contribution in [-0.2, 0) is 32.6 Å². The maximum absolute atomic E-state index is 14.6. The Bertz CT molecular complexity index is 1740. The zero-order chi connectivity index (χ0) is 33.8. The summed E-state index contributed by atoms with van der Waals surface area (Å²) in [6, 6.07) is 28.1. The van der Waals surface area contributed by atoms with E-state index in [4.69, 9.17) is 21.1 Å². The Hall–Kier alpha value is -4.54. The summed E-state index contributed by atoms with van der Waals surface area (Å²) in [7, 11) is -1.45. The standard InChI is InChI=1S/C36H40ClN3O6S/c1-4-5-22-38-36(42)32(23-27-14-8-6-9-15-27)39(25-28-16-12-13-19-31(28)37)35(41)26-40(29-17-10-7-11-18-29)47(43,44)30-20-21-33(45-2)34(24-30)46-3/h6-21,24,32H,4-5,22-23,25-26H2,1-3H3,(H,38,42)/t32-/m1/s1. The molecule has 0 saturated carbocycles. The summed E-state index contributed by atoms with van der Waals surface area (Å²) in [5.41, 5.74) is 1.74. The molecule has 0 saturated heterocycles. The molecule has 248 valence electrons. The lowest BCUT2D eigenvalue weighted by atomic mass is 10.0. The van der Waals surface area contributed by atoms with Crippen molar-refractivity contribution >= 4 is 39.1 Å². The molecule has 1 N–H and O–H groups in total. The molecule has 4 rings (SSSR count). The number of hydrogen-bond acceptors (Lipinski definition) is 6. The van der Waals surface area contributed by atoms with Crippen molar-refractivity contribution in [2.24, 2.45) is 0 Å². The van der Waals surface area contributed by atoms with Crippen LogP contribution in [0.1, 0.15) is 30.9 Å². The normalized spacial score (nSPS) is 11.7. The van der Waals surface area contributed by atoms with Gasteiger partial charge in [-0.1, -0.05) is 91.7 Å². The summed E-state index contributed by atoms with van der Waals surface area (Å²) >= 11 is 6.56. The van der Waals surface area contributed by atoms with Crippen LogP contribution in [0, 0.1) is 0 Å². The van der Waals surface area contributed by atoms with Crippen LogP contribution in [0.3, 0.4) is 0 Å². The molecule has 0 bridgehead atoms. The molecule has 11 heteroatoms. The molecule has 0 heterocycles. The van der Waals surface area contributed by atoms with E-state index < -0.39 is 28.5 Å². The number of carbonyl (C=O) groups is 2. The molecule has 0 aliphatic heterocycles. The molecule has 0 aliphatic carbocycles. The first-order chi connectivity index (χ1) is 22.7. The Morgan fingerprint density at radius 1 is 0.851 bits per heavy atom. The van der Waals surface area contributed by atoms with E-state index in [0.717, 1.165) is 22.7 Å². The third-order valence-electron chi connectivity index (χ3n) is 7.67. The third kappa shape index (κ3) is 9.05. The van der Waals surface area contributed by atoms with Crippen LogP contribution < -0.4 is 19.1 Å². The van der Waals surface area contributed by atoms with E-state index in [1.54, 1.807) is 54.6 Å². The number of halogens is 1. The van der Waals surface area contributed by atoms with Crippen molar-refractivity contribution in [2.75, 3.05) is 31.6 Å². The predicted octanol–water partition coefficient (Wildman–Crippen LogP) is 6.11. The number of carbonyl (C=O) groups excluding carboxylic acids is 2. The van der Waals surface area contributed by atoms with E-state index in [2.05, 4.69) is 5.32 Å². The first kappa shape index (κ1) is 35.3. The molecule has 9 nitrogen and oxygen atoms in total. The van der Waals surface area contributed by atoms with Crippen LogP contribution in [0.4, 0.5) is 5.69 Å². The van der Waals surface area contributed by atoms with E-state index in [1.165, 1.54) is 37.3 Å². The Balaban J connectivity index is 1.80. The second kappa shape index (κ2) is 16.9. The number of unbranched alkanes of at least 4 members (excludes halogenated alkanes) is 1. The van der Waals surface area contributed by atoms with Crippen LogP contribution >= 0.6 is 11.6 Å². The number of nitrogens with zero attached hydrogens (tertiary/aromatic N) is 2. The molecule has 0 aliphatic rings. The summed E-state index contributed by atoms with van der Waals surface area (Å²) in [5.74, 6) is -0.335. The number of ether oxygens (including phenoxy) is 2. The third-order valence-corrected chi connectivity index (χ3v) is 9.80. The van der Waals surface area contributed by atoms with Crippen molar-refractivity contribution in [3.8, 4) is 11.5 Å². The summed E-state index contributed by atoms with van der Waals surface area (Å²) in [6.45, 7) is 1.87. The molecule has 1 atom stereocenters. The van der Waals surface area contributed by atoms with Crippen molar-refractivity contribution in [3.63, 3.8) is 0 Å². The Kier molecular flexibility index (Phi) is 12.7. The van der Waals surface area contributed by atoms with Crippen molar-refractivity contribution in [1.29, 1.82) is 0 Å². The lowest BCUT2D eigenvalue weighted by molar-refractivity contribution is -0.140. The van der Waals surface area contributed by atoms with Gasteiger partial charge >= 0.3 is 0 Å². The minimum Gasteiger partial charge on any atom is -0.493 e. The van der Waals surface area contributed by atoms with E-state index in [0.29, 0.717) is 22.9 Å². The molecule has 47 heavy (non-hydrogen) atoms. The topological polar surface area (TPSA) is 105 Å². The molecule has 0 aromatic heterocycles. The summed E-state index contributed by atoms with van der Waals surface area (Å²) in [5, 5.41) is 3.40. The van der Waals surface area contributed by atoms with Gasteiger partial charge in [-0.05, 0) is 47.9 Å². The maximum atomic E-state index is 14.6. The molecule has 0 radical (unpaired) electrons. The number of rotatable bonds is 16. The van der Waals surface area contributed by atoms with Crippen molar-refractivity contribution < 1.29 is 27.5 Å². The van der Waals surface area contributed by atoms with E-state index in [1.807, 2.05) is 37.3 Å². The highest BCUT2D eigenvalue weighted by molar-refractivity contribution is 7.92. The van der Waals surface area contributed by atoms with Crippen LogP contribution in [0.5, 0.6) is 11.5 Å². The smallest absolute Gasteiger partial charge is 0.264 e.